The molecule has 0 aliphatic carbocycles. The normalized spacial score (nSPS) is 17.2. The number of para-hydroxylation sites is 1. The topological polar surface area (TPSA) is 49.1 Å². The molecule has 5 heteroatoms. The highest BCUT2D eigenvalue weighted by Crippen LogP contribution is 2.36. The van der Waals surface area contributed by atoms with Crippen LogP contribution in [0.5, 0.6) is 0 Å². The van der Waals surface area contributed by atoms with Crippen molar-refractivity contribution >= 4 is 21.6 Å². The Morgan fingerprint density at radius 2 is 1.88 bits per heavy atom. The summed E-state index contributed by atoms with van der Waals surface area (Å²) < 4.78 is 7.70. The fourth-order valence-electron chi connectivity index (χ4n) is 3.41. The van der Waals surface area contributed by atoms with Crippen molar-refractivity contribution in [2.75, 3.05) is 20.1 Å². The monoisotopic (exact) mass is 363 g/mol. The average molecular weight is 363 g/mol. The molecule has 1 unspecified atom stereocenters. The molecular formula is C21H21N3OS. The fourth-order valence-corrected chi connectivity index (χ4v) is 4.43. The number of likely N-dealkylation sites (tertiary alicyclic amines) is 1. The van der Waals surface area contributed by atoms with Gasteiger partial charge in [-0.25, -0.2) is 4.98 Å². The number of piperidine rings is 1. The number of nitriles is 1. The minimum atomic E-state index is -0.295. The van der Waals surface area contributed by atoms with Gasteiger partial charge in [-0.2, -0.15) is 5.26 Å². The molecule has 4 nitrogen and oxygen atoms in total. The highest BCUT2D eigenvalue weighted by atomic mass is 32.1. The summed E-state index contributed by atoms with van der Waals surface area (Å²) in [5, 5.41) is 10.5. The van der Waals surface area contributed by atoms with Crippen LogP contribution in [0.1, 0.15) is 35.1 Å². The van der Waals surface area contributed by atoms with E-state index in [2.05, 4.69) is 24.1 Å². The van der Waals surface area contributed by atoms with E-state index in [9.17, 15) is 5.26 Å². The number of thiazole rings is 1. The van der Waals surface area contributed by atoms with Crippen molar-refractivity contribution in [2.24, 2.45) is 0 Å². The standard InChI is InChI=1S/C21H21N3OS/c1-24-12-10-16(11-13-24)25-20(17-7-3-2-6-15(17)14-22)21-23-18-8-4-5-9-19(18)26-21/h2-9,16,20H,10-13H2,1H3. The Kier molecular flexibility index (Phi) is 4.98. The van der Waals surface area contributed by atoms with Crippen molar-refractivity contribution in [1.82, 2.24) is 9.88 Å². The summed E-state index contributed by atoms with van der Waals surface area (Å²) >= 11 is 1.65. The van der Waals surface area contributed by atoms with Gasteiger partial charge in [0.05, 0.1) is 28.0 Å². The molecular weight excluding hydrogens is 342 g/mol. The molecule has 2 heterocycles. The van der Waals surface area contributed by atoms with Gasteiger partial charge in [0.25, 0.3) is 0 Å². The third-order valence-electron chi connectivity index (χ3n) is 4.89. The second-order valence-electron chi connectivity index (χ2n) is 6.74. The van der Waals surface area contributed by atoms with E-state index >= 15 is 0 Å². The number of hydrogen-bond donors (Lipinski definition) is 0. The molecule has 0 spiro atoms. The SMILES string of the molecule is CN1CCC(OC(c2nc3ccccc3s2)c2ccccc2C#N)CC1. The van der Waals surface area contributed by atoms with Gasteiger partial charge in [0, 0.05) is 18.7 Å². The van der Waals surface area contributed by atoms with E-state index in [1.165, 1.54) is 0 Å². The molecule has 1 aliphatic rings. The third kappa shape index (κ3) is 3.49. The molecule has 0 N–H and O–H groups in total. The number of benzene rings is 2. The molecule has 1 saturated heterocycles. The van der Waals surface area contributed by atoms with Gasteiger partial charge in [0.15, 0.2) is 0 Å². The largest absolute Gasteiger partial charge is 0.363 e. The lowest BCUT2D eigenvalue weighted by Crippen LogP contribution is -2.35. The Bertz CT molecular complexity index is 905. The number of fused-ring (bicyclic) bond motifs is 1. The molecule has 1 atom stereocenters. The average Bonchev–Trinajstić information content (AvgIpc) is 3.11. The molecule has 0 bridgehead atoms. The lowest BCUT2D eigenvalue weighted by atomic mass is 10.0. The molecule has 1 aromatic heterocycles. The quantitative estimate of drug-likeness (QED) is 0.691. The maximum absolute atomic E-state index is 9.57. The van der Waals surface area contributed by atoms with Gasteiger partial charge in [-0.05, 0) is 38.1 Å². The summed E-state index contributed by atoms with van der Waals surface area (Å²) in [6, 6.07) is 18.2. The molecule has 0 saturated carbocycles. The van der Waals surface area contributed by atoms with Gasteiger partial charge in [0.2, 0.25) is 0 Å². The second-order valence-corrected chi connectivity index (χ2v) is 7.80. The molecule has 0 radical (unpaired) electrons. The van der Waals surface area contributed by atoms with Crippen LogP contribution in [0.25, 0.3) is 10.2 Å². The molecule has 4 rings (SSSR count). The first-order valence-corrected chi connectivity index (χ1v) is 9.75. The van der Waals surface area contributed by atoms with Crippen LogP contribution in [0.15, 0.2) is 48.5 Å². The van der Waals surface area contributed by atoms with E-state index in [-0.39, 0.29) is 12.2 Å². The lowest BCUT2D eigenvalue weighted by Gasteiger charge is -2.31. The van der Waals surface area contributed by atoms with Gasteiger partial charge >= 0.3 is 0 Å². The first-order chi connectivity index (χ1) is 12.7. The van der Waals surface area contributed by atoms with Crippen LogP contribution >= 0.6 is 11.3 Å². The van der Waals surface area contributed by atoms with Crippen molar-refractivity contribution in [1.29, 1.82) is 5.26 Å². The Morgan fingerprint density at radius 3 is 2.65 bits per heavy atom. The zero-order valence-corrected chi connectivity index (χ0v) is 15.6. The number of hydrogen-bond acceptors (Lipinski definition) is 5. The van der Waals surface area contributed by atoms with Crippen molar-refractivity contribution in [2.45, 2.75) is 25.0 Å². The van der Waals surface area contributed by atoms with Crippen molar-refractivity contribution < 1.29 is 4.74 Å². The molecule has 132 valence electrons. The summed E-state index contributed by atoms with van der Waals surface area (Å²) in [6.45, 7) is 2.08. The predicted octanol–water partition coefficient (Wildman–Crippen LogP) is 4.37. The smallest absolute Gasteiger partial charge is 0.136 e. The highest BCUT2D eigenvalue weighted by Gasteiger charge is 2.27. The minimum Gasteiger partial charge on any atom is -0.363 e. The molecule has 2 aromatic carbocycles. The summed E-state index contributed by atoms with van der Waals surface area (Å²) in [4.78, 5) is 7.15. The van der Waals surface area contributed by atoms with E-state index in [1.807, 2.05) is 42.5 Å². The van der Waals surface area contributed by atoms with Gasteiger partial charge in [-0.3, -0.25) is 0 Å². The van der Waals surface area contributed by atoms with Crippen molar-refractivity contribution in [3.63, 3.8) is 0 Å². The van der Waals surface area contributed by atoms with Gasteiger partial charge in [-0.1, -0.05) is 30.3 Å². The summed E-state index contributed by atoms with van der Waals surface area (Å²) in [6.07, 6.45) is 1.91. The molecule has 1 aliphatic heterocycles. The molecule has 3 aromatic rings. The molecule has 0 amide bonds. The van der Waals surface area contributed by atoms with Gasteiger partial charge in [0.1, 0.15) is 11.1 Å². The van der Waals surface area contributed by atoms with Crippen LogP contribution < -0.4 is 0 Å². The predicted molar refractivity (Wildman–Crippen MR) is 104 cm³/mol. The van der Waals surface area contributed by atoms with Gasteiger partial charge < -0.3 is 9.64 Å². The van der Waals surface area contributed by atoms with Crippen molar-refractivity contribution in [3.05, 3.63) is 64.7 Å². The van der Waals surface area contributed by atoms with Crippen LogP contribution in [0, 0.1) is 11.3 Å². The lowest BCUT2D eigenvalue weighted by molar-refractivity contribution is -0.0235. The number of aromatic nitrogens is 1. The summed E-state index contributed by atoms with van der Waals surface area (Å²) in [5.41, 5.74) is 2.55. The number of rotatable bonds is 4. The minimum absolute atomic E-state index is 0.190. The van der Waals surface area contributed by atoms with E-state index in [0.29, 0.717) is 5.56 Å². The van der Waals surface area contributed by atoms with E-state index < -0.39 is 0 Å². The molecule has 26 heavy (non-hydrogen) atoms. The first kappa shape index (κ1) is 17.2. The van der Waals surface area contributed by atoms with Gasteiger partial charge in [-0.15, -0.1) is 11.3 Å². The maximum atomic E-state index is 9.57. The summed E-state index contributed by atoms with van der Waals surface area (Å²) in [7, 11) is 2.15. The van der Waals surface area contributed by atoms with Crippen LogP contribution in [0.2, 0.25) is 0 Å². The Morgan fingerprint density at radius 1 is 1.15 bits per heavy atom. The second kappa shape index (κ2) is 7.55. The van der Waals surface area contributed by atoms with Crippen LogP contribution in [0.4, 0.5) is 0 Å². The van der Waals surface area contributed by atoms with Crippen LogP contribution in [-0.2, 0) is 4.74 Å². The Balaban J connectivity index is 1.72. The van der Waals surface area contributed by atoms with Crippen molar-refractivity contribution in [3.8, 4) is 6.07 Å². The number of ether oxygens (including phenoxy) is 1. The number of nitrogens with zero attached hydrogens (tertiary/aromatic N) is 3. The third-order valence-corrected chi connectivity index (χ3v) is 5.97. The van der Waals surface area contributed by atoms with Crippen LogP contribution in [0.3, 0.4) is 0 Å². The Labute approximate surface area is 157 Å². The highest BCUT2D eigenvalue weighted by molar-refractivity contribution is 7.18. The van der Waals surface area contributed by atoms with E-state index in [1.54, 1.807) is 11.3 Å². The zero-order valence-electron chi connectivity index (χ0n) is 14.8. The van der Waals surface area contributed by atoms with Crippen LogP contribution in [-0.4, -0.2) is 36.1 Å². The Hall–Kier alpha value is -2.26. The molecule has 1 fully saturated rings. The van der Waals surface area contributed by atoms with E-state index in [0.717, 1.165) is 46.7 Å². The first-order valence-electron chi connectivity index (χ1n) is 8.93. The zero-order chi connectivity index (χ0) is 17.9. The summed E-state index contributed by atoms with van der Waals surface area (Å²) in [5.74, 6) is 0. The maximum Gasteiger partial charge on any atom is 0.136 e. The fraction of sp³-hybridized carbons (Fsp3) is 0.333. The van der Waals surface area contributed by atoms with E-state index in [4.69, 9.17) is 9.72 Å².